The Bertz CT molecular complexity index is 684. The molecule has 0 radical (unpaired) electrons. The third-order valence-electron chi connectivity index (χ3n) is 3.81. The molecular weight excluding hydrogens is 236 g/mol. The zero-order valence-electron chi connectivity index (χ0n) is 10.8. The zero-order valence-corrected chi connectivity index (χ0v) is 10.8. The predicted molar refractivity (Wildman–Crippen MR) is 74.4 cm³/mol. The van der Waals surface area contributed by atoms with Gasteiger partial charge in [0.2, 0.25) is 6.79 Å². The highest BCUT2D eigenvalue weighted by Crippen LogP contribution is 2.44. The molecule has 19 heavy (non-hydrogen) atoms. The maximum Gasteiger partial charge on any atom is 0.231 e. The molecule has 0 fully saturated rings. The fourth-order valence-corrected chi connectivity index (χ4v) is 2.97. The molecule has 4 rings (SSSR count). The van der Waals surface area contributed by atoms with Crippen LogP contribution in [0.2, 0.25) is 0 Å². The molecule has 0 bridgehead atoms. The fourth-order valence-electron chi connectivity index (χ4n) is 2.97. The summed E-state index contributed by atoms with van der Waals surface area (Å²) in [7, 11) is 0. The highest BCUT2D eigenvalue weighted by Gasteiger charge is 2.25. The Hall–Kier alpha value is -2.22. The molecule has 1 aliphatic heterocycles. The van der Waals surface area contributed by atoms with Crippen LogP contribution in [-0.2, 0) is 6.42 Å². The number of allylic oxidation sites excluding steroid dienone is 1. The van der Waals surface area contributed by atoms with Crippen LogP contribution >= 0.6 is 0 Å². The molecule has 0 saturated heterocycles. The predicted octanol–water partition coefficient (Wildman–Crippen LogP) is 3.79. The average molecular weight is 250 g/mol. The standard InChI is InChI=1S/C17H14O2/c1-11-7-13-8-15-16(19-10-18-15)9-14(13)17(11)12-5-3-2-4-6-12/h2-6,8-9H,7,10H2,1H3. The molecular formula is C17H14O2. The molecule has 0 spiro atoms. The first kappa shape index (κ1) is 10.7. The lowest BCUT2D eigenvalue weighted by Gasteiger charge is -2.08. The Morgan fingerprint density at radius 3 is 2.47 bits per heavy atom. The Kier molecular flexibility index (Phi) is 2.18. The van der Waals surface area contributed by atoms with E-state index in [1.807, 2.05) is 0 Å². The lowest BCUT2D eigenvalue weighted by Crippen LogP contribution is -1.93. The summed E-state index contributed by atoms with van der Waals surface area (Å²) < 4.78 is 11.0. The summed E-state index contributed by atoms with van der Waals surface area (Å²) in [5.41, 5.74) is 6.64. The van der Waals surface area contributed by atoms with Gasteiger partial charge in [0.05, 0.1) is 0 Å². The third kappa shape index (κ3) is 1.56. The molecule has 2 nitrogen and oxygen atoms in total. The van der Waals surface area contributed by atoms with Crippen molar-refractivity contribution in [3.05, 3.63) is 64.7 Å². The molecule has 2 aromatic rings. The third-order valence-corrected chi connectivity index (χ3v) is 3.81. The van der Waals surface area contributed by atoms with E-state index in [4.69, 9.17) is 9.47 Å². The molecule has 0 amide bonds. The summed E-state index contributed by atoms with van der Waals surface area (Å²) in [5, 5.41) is 0. The lowest BCUT2D eigenvalue weighted by molar-refractivity contribution is 0.174. The highest BCUT2D eigenvalue weighted by molar-refractivity contribution is 5.88. The van der Waals surface area contributed by atoms with Gasteiger partial charge < -0.3 is 9.47 Å². The summed E-state index contributed by atoms with van der Waals surface area (Å²) >= 11 is 0. The van der Waals surface area contributed by atoms with Crippen molar-refractivity contribution in [2.24, 2.45) is 0 Å². The Balaban J connectivity index is 1.90. The van der Waals surface area contributed by atoms with Crippen LogP contribution in [0.3, 0.4) is 0 Å². The van der Waals surface area contributed by atoms with Crippen molar-refractivity contribution in [2.45, 2.75) is 13.3 Å². The van der Waals surface area contributed by atoms with Crippen LogP contribution in [0.25, 0.3) is 5.57 Å². The fraction of sp³-hybridized carbons (Fsp3) is 0.176. The SMILES string of the molecule is CC1=C(c2ccccc2)c2cc3c(cc2C1)OCO3. The van der Waals surface area contributed by atoms with E-state index in [0.717, 1.165) is 17.9 Å². The van der Waals surface area contributed by atoms with Crippen molar-refractivity contribution in [3.63, 3.8) is 0 Å². The normalized spacial score (nSPS) is 15.8. The average Bonchev–Trinajstić information content (AvgIpc) is 2.99. The van der Waals surface area contributed by atoms with Crippen molar-refractivity contribution in [1.82, 2.24) is 0 Å². The van der Waals surface area contributed by atoms with Gasteiger partial charge in [0, 0.05) is 0 Å². The van der Waals surface area contributed by atoms with Gasteiger partial charge in [-0.3, -0.25) is 0 Å². The van der Waals surface area contributed by atoms with E-state index >= 15 is 0 Å². The van der Waals surface area contributed by atoms with Crippen LogP contribution in [-0.4, -0.2) is 6.79 Å². The molecule has 94 valence electrons. The van der Waals surface area contributed by atoms with Crippen molar-refractivity contribution >= 4 is 5.57 Å². The number of ether oxygens (including phenoxy) is 2. The molecule has 2 aromatic carbocycles. The van der Waals surface area contributed by atoms with Gasteiger partial charge in [-0.15, -0.1) is 0 Å². The number of hydrogen-bond acceptors (Lipinski definition) is 2. The summed E-state index contributed by atoms with van der Waals surface area (Å²) in [6.45, 7) is 2.54. The second-order valence-corrected chi connectivity index (χ2v) is 5.06. The quantitative estimate of drug-likeness (QED) is 0.766. The van der Waals surface area contributed by atoms with Gasteiger partial charge in [-0.1, -0.05) is 35.9 Å². The Labute approximate surface area is 112 Å². The molecule has 0 unspecified atom stereocenters. The second kappa shape index (κ2) is 3.89. The van der Waals surface area contributed by atoms with Crippen LogP contribution in [0, 0.1) is 0 Å². The van der Waals surface area contributed by atoms with Crippen molar-refractivity contribution in [3.8, 4) is 11.5 Å². The zero-order chi connectivity index (χ0) is 12.8. The molecule has 1 heterocycles. The summed E-state index contributed by atoms with van der Waals surface area (Å²) in [4.78, 5) is 0. The highest BCUT2D eigenvalue weighted by atomic mass is 16.7. The van der Waals surface area contributed by atoms with Gasteiger partial charge in [-0.05, 0) is 47.7 Å². The first-order valence-corrected chi connectivity index (χ1v) is 6.51. The molecule has 0 saturated carbocycles. The molecule has 2 heteroatoms. The minimum absolute atomic E-state index is 0.335. The monoisotopic (exact) mass is 250 g/mol. The van der Waals surface area contributed by atoms with E-state index in [9.17, 15) is 0 Å². The Morgan fingerprint density at radius 1 is 0.947 bits per heavy atom. The minimum atomic E-state index is 0.335. The van der Waals surface area contributed by atoms with E-state index in [0.29, 0.717) is 6.79 Å². The number of rotatable bonds is 1. The molecule has 0 N–H and O–H groups in total. The summed E-state index contributed by atoms with van der Waals surface area (Å²) in [5.74, 6) is 1.74. The lowest BCUT2D eigenvalue weighted by atomic mass is 9.97. The van der Waals surface area contributed by atoms with Crippen LogP contribution in [0.4, 0.5) is 0 Å². The number of hydrogen-bond donors (Lipinski definition) is 0. The first-order chi connectivity index (χ1) is 9.33. The van der Waals surface area contributed by atoms with Crippen LogP contribution in [0.5, 0.6) is 11.5 Å². The molecule has 2 aliphatic rings. The molecule has 0 aromatic heterocycles. The van der Waals surface area contributed by atoms with Gasteiger partial charge in [-0.25, -0.2) is 0 Å². The number of benzene rings is 2. The topological polar surface area (TPSA) is 18.5 Å². The van der Waals surface area contributed by atoms with Crippen LogP contribution in [0.1, 0.15) is 23.6 Å². The van der Waals surface area contributed by atoms with Gasteiger partial charge in [0.1, 0.15) is 0 Å². The smallest absolute Gasteiger partial charge is 0.231 e. The van der Waals surface area contributed by atoms with E-state index in [1.54, 1.807) is 0 Å². The maximum absolute atomic E-state index is 5.50. The minimum Gasteiger partial charge on any atom is -0.454 e. The first-order valence-electron chi connectivity index (χ1n) is 6.51. The van der Waals surface area contributed by atoms with Crippen molar-refractivity contribution in [1.29, 1.82) is 0 Å². The van der Waals surface area contributed by atoms with E-state index in [-0.39, 0.29) is 0 Å². The second-order valence-electron chi connectivity index (χ2n) is 5.06. The summed E-state index contributed by atoms with van der Waals surface area (Å²) in [6, 6.07) is 14.8. The van der Waals surface area contributed by atoms with E-state index < -0.39 is 0 Å². The maximum atomic E-state index is 5.50. The van der Waals surface area contributed by atoms with Gasteiger partial charge >= 0.3 is 0 Å². The van der Waals surface area contributed by atoms with Gasteiger partial charge in [-0.2, -0.15) is 0 Å². The van der Waals surface area contributed by atoms with Crippen molar-refractivity contribution < 1.29 is 9.47 Å². The molecule has 0 atom stereocenters. The molecule has 1 aliphatic carbocycles. The van der Waals surface area contributed by atoms with E-state index in [2.05, 4.69) is 49.4 Å². The largest absolute Gasteiger partial charge is 0.454 e. The van der Waals surface area contributed by atoms with Crippen molar-refractivity contribution in [2.75, 3.05) is 6.79 Å². The van der Waals surface area contributed by atoms with Crippen LogP contribution in [0.15, 0.2) is 48.0 Å². The summed E-state index contributed by atoms with van der Waals surface area (Å²) in [6.07, 6.45) is 0.996. The van der Waals surface area contributed by atoms with Gasteiger partial charge in [0.25, 0.3) is 0 Å². The number of fused-ring (bicyclic) bond motifs is 2. The van der Waals surface area contributed by atoms with Gasteiger partial charge in [0.15, 0.2) is 11.5 Å². The Morgan fingerprint density at radius 2 is 1.68 bits per heavy atom. The van der Waals surface area contributed by atoms with Crippen LogP contribution < -0.4 is 9.47 Å². The van der Waals surface area contributed by atoms with E-state index in [1.165, 1.54) is 27.8 Å².